The molecule has 0 aliphatic rings. The number of nitrogens with zero attached hydrogens (tertiary/aromatic N) is 1. The summed E-state index contributed by atoms with van der Waals surface area (Å²) in [7, 11) is 3.97. The van der Waals surface area contributed by atoms with E-state index in [-0.39, 0.29) is 5.91 Å². The normalized spacial score (nSPS) is 10.7. The van der Waals surface area contributed by atoms with Crippen LogP contribution in [0.25, 0.3) is 0 Å². The summed E-state index contributed by atoms with van der Waals surface area (Å²) in [4.78, 5) is 13.5. The molecular formula is C14H22ClN3O. The van der Waals surface area contributed by atoms with Gasteiger partial charge in [0.05, 0.1) is 0 Å². The van der Waals surface area contributed by atoms with Crippen molar-refractivity contribution in [1.29, 1.82) is 0 Å². The van der Waals surface area contributed by atoms with Crippen molar-refractivity contribution in [2.75, 3.05) is 33.7 Å². The fourth-order valence-electron chi connectivity index (χ4n) is 1.57. The number of hydrogen-bond donors (Lipinski definition) is 2. The van der Waals surface area contributed by atoms with Crippen molar-refractivity contribution in [2.45, 2.75) is 13.0 Å². The van der Waals surface area contributed by atoms with E-state index < -0.39 is 0 Å². The smallest absolute Gasteiger partial charge is 0.221 e. The van der Waals surface area contributed by atoms with Gasteiger partial charge in [-0.2, -0.15) is 0 Å². The number of hydrogen-bond acceptors (Lipinski definition) is 3. The Hall–Kier alpha value is -1.10. The standard InChI is InChI=1S/C14H22ClN3O/c1-18(2)10-9-17-14(19)7-8-16-11-12-5-3-4-6-13(12)15/h3-6,16H,7-11H2,1-2H3,(H,17,19). The molecule has 0 bridgehead atoms. The Labute approximate surface area is 120 Å². The molecule has 19 heavy (non-hydrogen) atoms. The molecule has 4 nitrogen and oxygen atoms in total. The molecule has 0 saturated heterocycles. The van der Waals surface area contributed by atoms with Crippen LogP contribution in [-0.2, 0) is 11.3 Å². The SMILES string of the molecule is CN(C)CCNC(=O)CCNCc1ccccc1Cl. The van der Waals surface area contributed by atoms with Crippen molar-refractivity contribution < 1.29 is 4.79 Å². The van der Waals surface area contributed by atoms with Crippen LogP contribution in [0, 0.1) is 0 Å². The van der Waals surface area contributed by atoms with E-state index in [4.69, 9.17) is 11.6 Å². The van der Waals surface area contributed by atoms with Crippen LogP contribution in [-0.4, -0.2) is 44.5 Å². The van der Waals surface area contributed by atoms with E-state index in [0.29, 0.717) is 26.1 Å². The maximum Gasteiger partial charge on any atom is 0.221 e. The zero-order valence-corrected chi connectivity index (χ0v) is 12.3. The van der Waals surface area contributed by atoms with Crippen LogP contribution in [0.4, 0.5) is 0 Å². The van der Waals surface area contributed by atoms with Gasteiger partial charge in [-0.15, -0.1) is 0 Å². The molecule has 0 aliphatic heterocycles. The average molecular weight is 284 g/mol. The van der Waals surface area contributed by atoms with Gasteiger partial charge in [-0.3, -0.25) is 4.79 Å². The van der Waals surface area contributed by atoms with Crippen LogP contribution in [0.2, 0.25) is 5.02 Å². The molecule has 0 aromatic heterocycles. The molecular weight excluding hydrogens is 262 g/mol. The van der Waals surface area contributed by atoms with Gasteiger partial charge >= 0.3 is 0 Å². The van der Waals surface area contributed by atoms with Gasteiger partial charge < -0.3 is 15.5 Å². The Morgan fingerprint density at radius 3 is 2.68 bits per heavy atom. The highest BCUT2D eigenvalue weighted by atomic mass is 35.5. The summed E-state index contributed by atoms with van der Waals surface area (Å²) < 4.78 is 0. The quantitative estimate of drug-likeness (QED) is 0.711. The van der Waals surface area contributed by atoms with Gasteiger partial charge in [0, 0.05) is 37.6 Å². The van der Waals surface area contributed by atoms with Crippen LogP contribution in [0.1, 0.15) is 12.0 Å². The highest BCUT2D eigenvalue weighted by Crippen LogP contribution is 2.13. The molecule has 0 atom stereocenters. The highest BCUT2D eigenvalue weighted by molar-refractivity contribution is 6.31. The molecule has 0 heterocycles. The molecule has 106 valence electrons. The molecule has 2 N–H and O–H groups in total. The molecule has 1 aromatic rings. The highest BCUT2D eigenvalue weighted by Gasteiger charge is 2.02. The average Bonchev–Trinajstić information content (AvgIpc) is 2.36. The van der Waals surface area contributed by atoms with Gasteiger partial charge in [-0.25, -0.2) is 0 Å². The van der Waals surface area contributed by atoms with Gasteiger partial charge in [0.1, 0.15) is 0 Å². The summed E-state index contributed by atoms with van der Waals surface area (Å²) in [5.74, 6) is 0.0773. The van der Waals surface area contributed by atoms with E-state index in [1.165, 1.54) is 0 Å². The molecule has 0 unspecified atom stereocenters. The monoisotopic (exact) mass is 283 g/mol. The third-order valence-electron chi connectivity index (χ3n) is 2.68. The molecule has 1 aromatic carbocycles. The summed E-state index contributed by atoms with van der Waals surface area (Å²) in [6, 6.07) is 7.71. The third-order valence-corrected chi connectivity index (χ3v) is 3.05. The predicted molar refractivity (Wildman–Crippen MR) is 79.3 cm³/mol. The minimum absolute atomic E-state index is 0.0773. The van der Waals surface area contributed by atoms with Gasteiger partial charge in [0.15, 0.2) is 0 Å². The Morgan fingerprint density at radius 2 is 2.00 bits per heavy atom. The molecule has 5 heteroatoms. The fourth-order valence-corrected chi connectivity index (χ4v) is 1.78. The zero-order chi connectivity index (χ0) is 14.1. The maximum absolute atomic E-state index is 11.5. The summed E-state index contributed by atoms with van der Waals surface area (Å²) >= 11 is 6.04. The van der Waals surface area contributed by atoms with Crippen molar-refractivity contribution in [1.82, 2.24) is 15.5 Å². The van der Waals surface area contributed by atoms with Gasteiger partial charge in [0.25, 0.3) is 0 Å². The lowest BCUT2D eigenvalue weighted by Gasteiger charge is -2.10. The fraction of sp³-hybridized carbons (Fsp3) is 0.500. The van der Waals surface area contributed by atoms with E-state index in [1.54, 1.807) is 0 Å². The second-order valence-electron chi connectivity index (χ2n) is 4.67. The molecule has 0 radical (unpaired) electrons. The van der Waals surface area contributed by atoms with E-state index >= 15 is 0 Å². The van der Waals surface area contributed by atoms with Gasteiger partial charge in [-0.05, 0) is 25.7 Å². The number of carbonyl (C=O) groups excluding carboxylic acids is 1. The van der Waals surface area contributed by atoms with Gasteiger partial charge in [-0.1, -0.05) is 29.8 Å². The summed E-state index contributed by atoms with van der Waals surface area (Å²) in [5, 5.41) is 6.85. The number of likely N-dealkylation sites (N-methyl/N-ethyl adjacent to an activating group) is 1. The van der Waals surface area contributed by atoms with Crippen molar-refractivity contribution in [3.8, 4) is 0 Å². The Bertz CT molecular complexity index is 396. The van der Waals surface area contributed by atoms with E-state index in [1.807, 2.05) is 43.3 Å². The largest absolute Gasteiger partial charge is 0.355 e. The van der Waals surface area contributed by atoms with Crippen LogP contribution >= 0.6 is 11.6 Å². The first-order valence-electron chi connectivity index (χ1n) is 6.45. The lowest BCUT2D eigenvalue weighted by atomic mass is 10.2. The lowest BCUT2D eigenvalue weighted by Crippen LogP contribution is -2.33. The first-order valence-corrected chi connectivity index (χ1v) is 6.83. The summed E-state index contributed by atoms with van der Waals surface area (Å²) in [5.41, 5.74) is 1.05. The molecule has 1 rings (SSSR count). The number of amides is 1. The Morgan fingerprint density at radius 1 is 1.26 bits per heavy atom. The van der Waals surface area contributed by atoms with Crippen LogP contribution in [0.5, 0.6) is 0 Å². The number of rotatable bonds is 8. The maximum atomic E-state index is 11.5. The van der Waals surface area contributed by atoms with Crippen LogP contribution < -0.4 is 10.6 Å². The minimum Gasteiger partial charge on any atom is -0.355 e. The van der Waals surface area contributed by atoms with E-state index in [2.05, 4.69) is 10.6 Å². The first-order chi connectivity index (χ1) is 9.09. The lowest BCUT2D eigenvalue weighted by molar-refractivity contribution is -0.121. The minimum atomic E-state index is 0.0773. The summed E-state index contributed by atoms with van der Waals surface area (Å²) in [6.45, 7) is 2.89. The third kappa shape index (κ3) is 7.15. The Balaban J connectivity index is 2.10. The van der Waals surface area contributed by atoms with Crippen molar-refractivity contribution >= 4 is 17.5 Å². The number of nitrogens with one attached hydrogen (secondary N) is 2. The molecule has 0 spiro atoms. The molecule has 1 amide bonds. The molecule has 0 saturated carbocycles. The van der Waals surface area contributed by atoms with Crippen LogP contribution in [0.15, 0.2) is 24.3 Å². The first kappa shape index (κ1) is 16.0. The topological polar surface area (TPSA) is 44.4 Å². The van der Waals surface area contributed by atoms with Gasteiger partial charge in [0.2, 0.25) is 5.91 Å². The zero-order valence-electron chi connectivity index (χ0n) is 11.6. The molecule has 0 aliphatic carbocycles. The Kier molecular flexibility index (Phi) is 7.48. The second kappa shape index (κ2) is 8.91. The van der Waals surface area contributed by atoms with Crippen LogP contribution in [0.3, 0.4) is 0 Å². The van der Waals surface area contributed by atoms with Crippen molar-refractivity contribution in [3.05, 3.63) is 34.9 Å². The number of benzene rings is 1. The van der Waals surface area contributed by atoms with Crippen molar-refractivity contribution in [3.63, 3.8) is 0 Å². The number of carbonyl (C=O) groups is 1. The predicted octanol–water partition coefficient (Wildman–Crippen LogP) is 1.50. The number of halogens is 1. The second-order valence-corrected chi connectivity index (χ2v) is 5.08. The molecule has 0 fully saturated rings. The summed E-state index contributed by atoms with van der Waals surface area (Å²) in [6.07, 6.45) is 0.484. The van der Waals surface area contributed by atoms with E-state index in [9.17, 15) is 4.79 Å². The van der Waals surface area contributed by atoms with E-state index in [0.717, 1.165) is 17.1 Å². The van der Waals surface area contributed by atoms with Crippen molar-refractivity contribution in [2.24, 2.45) is 0 Å².